The topological polar surface area (TPSA) is 85.1 Å². The fourth-order valence-electron chi connectivity index (χ4n) is 1.38. The Kier molecular flexibility index (Phi) is 3.72. The molecule has 0 amide bonds. The van der Waals surface area contributed by atoms with E-state index in [0.29, 0.717) is 10.2 Å². The average Bonchev–Trinajstić information content (AvgIpc) is 2.35. The molecule has 1 aromatic heterocycles. The minimum atomic E-state index is -3.93. The summed E-state index contributed by atoms with van der Waals surface area (Å²) in [6.07, 6.45) is 2.21. The van der Waals surface area contributed by atoms with Crippen molar-refractivity contribution in [1.82, 2.24) is 4.98 Å². The zero-order valence-corrected chi connectivity index (χ0v) is 11.9. The minimum absolute atomic E-state index is 0.0660. The number of hydrogen-bond donors (Lipinski definition) is 2. The van der Waals surface area contributed by atoms with Gasteiger partial charge in [-0.15, -0.1) is 0 Å². The summed E-state index contributed by atoms with van der Waals surface area (Å²) >= 11 is 3.12. The molecule has 8 heteroatoms. The summed E-state index contributed by atoms with van der Waals surface area (Å²) in [5, 5.41) is 0. The quantitative estimate of drug-likeness (QED) is 0.836. The van der Waals surface area contributed by atoms with Crippen LogP contribution in [0.1, 0.15) is 0 Å². The molecule has 5 nitrogen and oxygen atoms in total. The highest BCUT2D eigenvalue weighted by Crippen LogP contribution is 2.26. The number of benzene rings is 1. The number of sulfonamides is 1. The van der Waals surface area contributed by atoms with Gasteiger partial charge in [-0.2, -0.15) is 0 Å². The second kappa shape index (κ2) is 5.14. The van der Waals surface area contributed by atoms with E-state index in [0.717, 1.165) is 6.20 Å². The first-order valence-electron chi connectivity index (χ1n) is 5.07. The third-order valence-electron chi connectivity index (χ3n) is 2.26. The Morgan fingerprint density at radius 2 is 2.05 bits per heavy atom. The number of halogens is 2. The third kappa shape index (κ3) is 3.02. The molecule has 1 aromatic carbocycles. The van der Waals surface area contributed by atoms with Crippen molar-refractivity contribution in [2.24, 2.45) is 0 Å². The number of nitrogens with two attached hydrogens (primary N) is 1. The Bertz CT molecular complexity index is 722. The molecular formula is C11H9BrFN3O2S. The van der Waals surface area contributed by atoms with Gasteiger partial charge in [0.25, 0.3) is 10.0 Å². The molecule has 0 saturated heterocycles. The van der Waals surface area contributed by atoms with Gasteiger partial charge in [0.2, 0.25) is 0 Å². The lowest BCUT2D eigenvalue weighted by molar-refractivity contribution is 0.597. The lowest BCUT2D eigenvalue weighted by atomic mass is 10.3. The largest absolute Gasteiger partial charge is 0.399 e. The summed E-state index contributed by atoms with van der Waals surface area (Å²) in [4.78, 5) is 3.47. The van der Waals surface area contributed by atoms with E-state index in [-0.39, 0.29) is 10.6 Å². The van der Waals surface area contributed by atoms with Gasteiger partial charge in [-0.05, 0) is 40.2 Å². The summed E-state index contributed by atoms with van der Waals surface area (Å²) in [6.45, 7) is 0. The van der Waals surface area contributed by atoms with Gasteiger partial charge < -0.3 is 5.73 Å². The molecule has 0 radical (unpaired) electrons. The van der Waals surface area contributed by atoms with Crippen LogP contribution in [0, 0.1) is 5.82 Å². The number of nitrogen functional groups attached to an aromatic ring is 1. The maximum Gasteiger partial charge on any atom is 0.263 e. The highest BCUT2D eigenvalue weighted by atomic mass is 79.9. The first-order chi connectivity index (χ1) is 8.90. The first kappa shape index (κ1) is 13.8. The minimum Gasteiger partial charge on any atom is -0.399 e. The molecule has 19 heavy (non-hydrogen) atoms. The number of nitrogens with zero attached hydrogens (tertiary/aromatic N) is 1. The number of hydrogen-bond acceptors (Lipinski definition) is 4. The Labute approximate surface area is 117 Å². The van der Waals surface area contributed by atoms with E-state index in [4.69, 9.17) is 5.73 Å². The molecule has 0 aliphatic carbocycles. The highest BCUT2D eigenvalue weighted by Gasteiger charge is 2.19. The first-order valence-corrected chi connectivity index (χ1v) is 7.35. The highest BCUT2D eigenvalue weighted by molar-refractivity contribution is 9.10. The van der Waals surface area contributed by atoms with Crippen LogP contribution in [0.25, 0.3) is 0 Å². The SMILES string of the molecule is Nc1ccc(Br)c(S(=O)(=O)Nc2ccncc2F)c1. The molecule has 0 fully saturated rings. The van der Waals surface area contributed by atoms with Crippen LogP contribution in [-0.2, 0) is 10.0 Å². The Balaban J connectivity index is 2.44. The molecule has 100 valence electrons. The molecule has 3 N–H and O–H groups in total. The van der Waals surface area contributed by atoms with Gasteiger partial charge in [-0.25, -0.2) is 12.8 Å². The maximum atomic E-state index is 13.4. The fourth-order valence-corrected chi connectivity index (χ4v) is 3.45. The third-order valence-corrected chi connectivity index (χ3v) is 4.62. The van der Waals surface area contributed by atoms with E-state index in [1.54, 1.807) is 6.07 Å². The van der Waals surface area contributed by atoms with Crippen LogP contribution >= 0.6 is 15.9 Å². The summed E-state index contributed by atoms with van der Waals surface area (Å²) in [5.41, 5.74) is 5.66. The van der Waals surface area contributed by atoms with Crippen LogP contribution < -0.4 is 10.5 Å². The molecule has 0 unspecified atom stereocenters. The van der Waals surface area contributed by atoms with Crippen molar-refractivity contribution < 1.29 is 12.8 Å². The van der Waals surface area contributed by atoms with E-state index in [9.17, 15) is 12.8 Å². The van der Waals surface area contributed by atoms with Crippen molar-refractivity contribution in [3.63, 3.8) is 0 Å². The Morgan fingerprint density at radius 3 is 2.74 bits per heavy atom. The molecule has 0 spiro atoms. The van der Waals surface area contributed by atoms with Crippen LogP contribution in [0.5, 0.6) is 0 Å². The van der Waals surface area contributed by atoms with Gasteiger partial charge in [0.1, 0.15) is 4.90 Å². The number of aromatic nitrogens is 1. The molecule has 0 bridgehead atoms. The lowest BCUT2D eigenvalue weighted by Gasteiger charge is -2.10. The number of nitrogens with one attached hydrogen (secondary N) is 1. The predicted molar refractivity (Wildman–Crippen MR) is 73.6 cm³/mol. The molecule has 0 saturated carbocycles. The standard InChI is InChI=1S/C11H9BrFN3O2S/c12-8-2-1-7(14)5-11(8)19(17,18)16-10-3-4-15-6-9(10)13/h1-6H,14H2,(H,15,16). The maximum absolute atomic E-state index is 13.4. The van der Waals surface area contributed by atoms with Gasteiger partial charge in [0.15, 0.2) is 5.82 Å². The zero-order valence-electron chi connectivity index (χ0n) is 9.47. The van der Waals surface area contributed by atoms with Crippen LogP contribution in [0.15, 0.2) is 46.0 Å². The molecular weight excluding hydrogens is 337 g/mol. The lowest BCUT2D eigenvalue weighted by Crippen LogP contribution is -2.15. The number of anilines is 2. The average molecular weight is 346 g/mol. The fraction of sp³-hybridized carbons (Fsp3) is 0. The van der Waals surface area contributed by atoms with Crippen molar-refractivity contribution in [2.75, 3.05) is 10.5 Å². The molecule has 0 atom stereocenters. The number of pyridine rings is 1. The van der Waals surface area contributed by atoms with Crippen LogP contribution in [0.4, 0.5) is 15.8 Å². The smallest absolute Gasteiger partial charge is 0.263 e. The van der Waals surface area contributed by atoms with Gasteiger partial charge in [0.05, 0.1) is 11.9 Å². The van der Waals surface area contributed by atoms with Crippen molar-refractivity contribution in [2.45, 2.75) is 4.90 Å². The normalized spacial score (nSPS) is 11.3. The molecule has 2 rings (SSSR count). The van der Waals surface area contributed by atoms with Gasteiger partial charge in [-0.3, -0.25) is 9.71 Å². The zero-order chi connectivity index (χ0) is 14.0. The second-order valence-electron chi connectivity index (χ2n) is 3.65. The monoisotopic (exact) mass is 345 g/mol. The van der Waals surface area contributed by atoms with Crippen LogP contribution in [0.3, 0.4) is 0 Å². The summed E-state index contributed by atoms with van der Waals surface area (Å²) in [7, 11) is -3.93. The van der Waals surface area contributed by atoms with E-state index in [1.807, 2.05) is 0 Å². The Morgan fingerprint density at radius 1 is 1.32 bits per heavy atom. The second-order valence-corrected chi connectivity index (χ2v) is 6.16. The predicted octanol–water partition coefficient (Wildman–Crippen LogP) is 2.37. The van der Waals surface area contributed by atoms with E-state index in [2.05, 4.69) is 25.6 Å². The van der Waals surface area contributed by atoms with E-state index in [1.165, 1.54) is 24.4 Å². The Hall–Kier alpha value is -1.67. The summed E-state index contributed by atoms with van der Waals surface area (Å²) in [5.74, 6) is -0.758. The molecule has 2 aromatic rings. The summed E-state index contributed by atoms with van der Waals surface area (Å²) < 4.78 is 40.2. The van der Waals surface area contributed by atoms with Gasteiger partial charge >= 0.3 is 0 Å². The van der Waals surface area contributed by atoms with Gasteiger partial charge in [0, 0.05) is 16.4 Å². The van der Waals surface area contributed by atoms with Crippen molar-refractivity contribution in [3.05, 3.63) is 46.9 Å². The molecule has 0 aliphatic rings. The van der Waals surface area contributed by atoms with Crippen molar-refractivity contribution in [3.8, 4) is 0 Å². The summed E-state index contributed by atoms with van der Waals surface area (Å²) in [6, 6.07) is 5.57. The number of rotatable bonds is 3. The van der Waals surface area contributed by atoms with Crippen molar-refractivity contribution >= 4 is 37.3 Å². The van der Waals surface area contributed by atoms with E-state index >= 15 is 0 Å². The molecule has 0 aliphatic heterocycles. The van der Waals surface area contributed by atoms with Gasteiger partial charge in [-0.1, -0.05) is 0 Å². The van der Waals surface area contributed by atoms with Crippen LogP contribution in [0.2, 0.25) is 0 Å². The van der Waals surface area contributed by atoms with E-state index < -0.39 is 15.8 Å². The van der Waals surface area contributed by atoms with Crippen molar-refractivity contribution in [1.29, 1.82) is 0 Å². The molecule has 1 heterocycles. The van der Waals surface area contributed by atoms with Crippen LogP contribution in [-0.4, -0.2) is 13.4 Å².